The van der Waals surface area contributed by atoms with Gasteiger partial charge in [0.2, 0.25) is 0 Å². The zero-order chi connectivity index (χ0) is 15.6. The summed E-state index contributed by atoms with van der Waals surface area (Å²) in [5.41, 5.74) is 2.04. The predicted octanol–water partition coefficient (Wildman–Crippen LogP) is 2.49. The molecule has 4 heterocycles. The van der Waals surface area contributed by atoms with Crippen molar-refractivity contribution in [2.75, 3.05) is 26.7 Å². The minimum absolute atomic E-state index is 0.325. The van der Waals surface area contributed by atoms with Crippen molar-refractivity contribution in [1.29, 1.82) is 0 Å². The Kier molecular flexibility index (Phi) is 4.31. The van der Waals surface area contributed by atoms with Crippen molar-refractivity contribution < 1.29 is 4.74 Å². The van der Waals surface area contributed by atoms with E-state index >= 15 is 0 Å². The predicted molar refractivity (Wildman–Crippen MR) is 90.4 cm³/mol. The number of hydrogen-bond donors (Lipinski definition) is 0. The highest BCUT2D eigenvalue weighted by Gasteiger charge is 2.23. The molecule has 23 heavy (non-hydrogen) atoms. The first-order chi connectivity index (χ1) is 11.3. The Balaban J connectivity index is 1.59. The van der Waals surface area contributed by atoms with E-state index < -0.39 is 0 Å². The lowest BCUT2D eigenvalue weighted by molar-refractivity contribution is 0.0967. The lowest BCUT2D eigenvalue weighted by atomic mass is 9.93. The standard InChI is InChI=1S/C18H26N4O/c1-21-9-6-14(7-10-21)12-17-20-16-5-2-8-19-18(16)22(17)13-15-4-3-11-23-15/h2,5,8,14-15H,3-4,6-7,9-13H2,1H3. The molecule has 0 saturated carbocycles. The van der Waals surface area contributed by atoms with Crippen molar-refractivity contribution in [3.05, 3.63) is 24.2 Å². The highest BCUT2D eigenvalue weighted by Crippen LogP contribution is 2.24. The van der Waals surface area contributed by atoms with Crippen LogP contribution in [0.2, 0.25) is 0 Å². The second kappa shape index (κ2) is 6.57. The van der Waals surface area contributed by atoms with Gasteiger partial charge < -0.3 is 14.2 Å². The molecule has 1 atom stereocenters. The fourth-order valence-corrected chi connectivity index (χ4v) is 3.87. The van der Waals surface area contributed by atoms with Crippen LogP contribution in [0.15, 0.2) is 18.3 Å². The number of likely N-dealkylation sites (tertiary alicyclic amines) is 1. The van der Waals surface area contributed by atoms with Gasteiger partial charge in [0.05, 0.1) is 12.6 Å². The van der Waals surface area contributed by atoms with Crippen molar-refractivity contribution in [1.82, 2.24) is 19.4 Å². The number of hydrogen-bond acceptors (Lipinski definition) is 4. The highest BCUT2D eigenvalue weighted by atomic mass is 16.5. The molecular formula is C18H26N4O. The fourth-order valence-electron chi connectivity index (χ4n) is 3.87. The van der Waals surface area contributed by atoms with Crippen LogP contribution < -0.4 is 0 Å². The summed E-state index contributed by atoms with van der Waals surface area (Å²) >= 11 is 0. The van der Waals surface area contributed by atoms with Crippen LogP contribution in [0.25, 0.3) is 11.2 Å². The largest absolute Gasteiger partial charge is 0.376 e. The number of piperidine rings is 1. The molecule has 5 nitrogen and oxygen atoms in total. The molecule has 2 aromatic rings. The van der Waals surface area contributed by atoms with E-state index in [9.17, 15) is 0 Å². The van der Waals surface area contributed by atoms with Crippen LogP contribution in [0.1, 0.15) is 31.5 Å². The molecule has 2 saturated heterocycles. The average Bonchev–Trinajstić information content (AvgIpc) is 3.19. The van der Waals surface area contributed by atoms with E-state index in [1.165, 1.54) is 38.2 Å². The van der Waals surface area contributed by atoms with E-state index in [0.717, 1.165) is 43.1 Å². The molecule has 4 rings (SSSR count). The van der Waals surface area contributed by atoms with Gasteiger partial charge >= 0.3 is 0 Å². The van der Waals surface area contributed by atoms with Gasteiger partial charge in [-0.1, -0.05) is 0 Å². The monoisotopic (exact) mass is 314 g/mol. The normalized spacial score (nSPS) is 23.8. The molecule has 2 aliphatic heterocycles. The maximum atomic E-state index is 5.85. The Morgan fingerprint density at radius 1 is 1.26 bits per heavy atom. The molecule has 0 radical (unpaired) electrons. The minimum atomic E-state index is 0.325. The molecule has 0 N–H and O–H groups in total. The SMILES string of the molecule is CN1CCC(Cc2nc3cccnc3n2CC2CCCO2)CC1. The Hall–Kier alpha value is -1.46. The highest BCUT2D eigenvalue weighted by molar-refractivity contribution is 5.71. The summed E-state index contributed by atoms with van der Waals surface area (Å²) in [5, 5.41) is 0. The molecule has 124 valence electrons. The van der Waals surface area contributed by atoms with E-state index in [4.69, 9.17) is 9.72 Å². The molecule has 2 aliphatic rings. The van der Waals surface area contributed by atoms with Gasteiger partial charge in [0, 0.05) is 19.2 Å². The van der Waals surface area contributed by atoms with Crippen LogP contribution in [0, 0.1) is 5.92 Å². The summed E-state index contributed by atoms with van der Waals surface area (Å²) in [7, 11) is 2.22. The maximum absolute atomic E-state index is 5.85. The molecule has 5 heteroatoms. The van der Waals surface area contributed by atoms with E-state index in [0.29, 0.717) is 6.10 Å². The third kappa shape index (κ3) is 3.26. The van der Waals surface area contributed by atoms with Crippen molar-refractivity contribution in [3.8, 4) is 0 Å². The van der Waals surface area contributed by atoms with Gasteiger partial charge in [-0.3, -0.25) is 0 Å². The number of rotatable bonds is 4. The van der Waals surface area contributed by atoms with Gasteiger partial charge in [0.25, 0.3) is 0 Å². The average molecular weight is 314 g/mol. The Bertz CT molecular complexity index is 654. The molecule has 0 aromatic carbocycles. The smallest absolute Gasteiger partial charge is 0.160 e. The molecule has 2 fully saturated rings. The molecule has 2 aromatic heterocycles. The summed E-state index contributed by atoms with van der Waals surface area (Å²) in [6, 6.07) is 4.05. The van der Waals surface area contributed by atoms with Crippen molar-refractivity contribution in [2.24, 2.45) is 5.92 Å². The lowest BCUT2D eigenvalue weighted by Crippen LogP contribution is -2.31. The number of aromatic nitrogens is 3. The number of ether oxygens (including phenoxy) is 1. The zero-order valence-electron chi connectivity index (χ0n) is 13.9. The first kappa shape index (κ1) is 15.1. The molecule has 1 unspecified atom stereocenters. The van der Waals surface area contributed by atoms with Crippen LogP contribution in [-0.4, -0.2) is 52.3 Å². The van der Waals surface area contributed by atoms with Gasteiger partial charge in [0.1, 0.15) is 11.3 Å². The summed E-state index contributed by atoms with van der Waals surface area (Å²) < 4.78 is 8.17. The van der Waals surface area contributed by atoms with Gasteiger partial charge in [-0.05, 0) is 63.9 Å². The van der Waals surface area contributed by atoms with E-state index in [1.807, 2.05) is 12.3 Å². The topological polar surface area (TPSA) is 43.2 Å². The molecule has 0 bridgehead atoms. The maximum Gasteiger partial charge on any atom is 0.160 e. The third-order valence-corrected chi connectivity index (χ3v) is 5.30. The first-order valence-electron chi connectivity index (χ1n) is 8.90. The number of pyridine rings is 1. The minimum Gasteiger partial charge on any atom is -0.376 e. The fraction of sp³-hybridized carbons (Fsp3) is 0.667. The van der Waals surface area contributed by atoms with Crippen LogP contribution in [0.3, 0.4) is 0 Å². The summed E-state index contributed by atoms with van der Waals surface area (Å²) in [6.07, 6.45) is 8.13. The van der Waals surface area contributed by atoms with E-state index in [1.54, 1.807) is 0 Å². The van der Waals surface area contributed by atoms with Gasteiger partial charge in [-0.25, -0.2) is 9.97 Å². The zero-order valence-corrected chi connectivity index (χ0v) is 13.9. The van der Waals surface area contributed by atoms with Crippen molar-refractivity contribution in [2.45, 2.75) is 44.8 Å². The molecule has 0 spiro atoms. The Morgan fingerprint density at radius 3 is 2.91 bits per heavy atom. The van der Waals surface area contributed by atoms with Crippen LogP contribution in [-0.2, 0) is 17.7 Å². The molecular weight excluding hydrogens is 288 g/mol. The Labute approximate surface area is 137 Å². The quantitative estimate of drug-likeness (QED) is 0.869. The van der Waals surface area contributed by atoms with Gasteiger partial charge in [-0.15, -0.1) is 0 Å². The summed E-state index contributed by atoms with van der Waals surface area (Å²) in [6.45, 7) is 4.20. The van der Waals surface area contributed by atoms with Gasteiger partial charge in [-0.2, -0.15) is 0 Å². The number of imidazole rings is 1. The van der Waals surface area contributed by atoms with Gasteiger partial charge in [0.15, 0.2) is 5.65 Å². The molecule has 0 amide bonds. The number of fused-ring (bicyclic) bond motifs is 1. The molecule has 0 aliphatic carbocycles. The van der Waals surface area contributed by atoms with Crippen molar-refractivity contribution >= 4 is 11.2 Å². The second-order valence-electron chi connectivity index (χ2n) is 7.07. The Morgan fingerprint density at radius 2 is 2.13 bits per heavy atom. The number of nitrogens with zero attached hydrogens (tertiary/aromatic N) is 4. The van der Waals surface area contributed by atoms with Crippen molar-refractivity contribution in [3.63, 3.8) is 0 Å². The first-order valence-corrected chi connectivity index (χ1v) is 8.90. The lowest BCUT2D eigenvalue weighted by Gasteiger charge is -2.28. The second-order valence-corrected chi connectivity index (χ2v) is 7.07. The summed E-state index contributed by atoms with van der Waals surface area (Å²) in [4.78, 5) is 11.9. The van der Waals surface area contributed by atoms with Crippen LogP contribution in [0.4, 0.5) is 0 Å². The summed E-state index contributed by atoms with van der Waals surface area (Å²) in [5.74, 6) is 1.94. The van der Waals surface area contributed by atoms with E-state index in [-0.39, 0.29) is 0 Å². The van der Waals surface area contributed by atoms with E-state index in [2.05, 4.69) is 27.6 Å². The third-order valence-electron chi connectivity index (χ3n) is 5.30. The van der Waals surface area contributed by atoms with Crippen LogP contribution in [0.5, 0.6) is 0 Å². The van der Waals surface area contributed by atoms with Crippen LogP contribution >= 0.6 is 0 Å².